The molecule has 38 heavy (non-hydrogen) atoms. The monoisotopic (exact) mass is 545 g/mol. The number of aryl methyl sites for hydroxylation is 2. The minimum atomic E-state index is -3.81. The van der Waals surface area contributed by atoms with Crippen molar-refractivity contribution in [1.82, 2.24) is 23.7 Å². The molecule has 0 atom stereocenters. The van der Waals surface area contributed by atoms with Gasteiger partial charge in [-0.15, -0.1) is 0 Å². The van der Waals surface area contributed by atoms with E-state index in [4.69, 9.17) is 14.5 Å². The molecule has 0 spiro atoms. The van der Waals surface area contributed by atoms with E-state index < -0.39 is 10.0 Å². The molecule has 11 nitrogen and oxygen atoms in total. The van der Waals surface area contributed by atoms with E-state index in [2.05, 4.69) is 16.8 Å². The first-order valence-corrected chi connectivity index (χ1v) is 14.3. The SMILES string of the molecule is CCCc1cn(C)c2c(=O)[nH]c(-c3cc(S(=O)(=O)N4CCN(CCOC(C)=O)CC4)ccc3OCC)nc12. The minimum Gasteiger partial charge on any atom is -0.493 e. The number of benzene rings is 1. The molecule has 4 rings (SSSR count). The number of carbonyl (C=O) groups is 1. The van der Waals surface area contributed by atoms with Gasteiger partial charge in [0, 0.05) is 52.9 Å². The van der Waals surface area contributed by atoms with Gasteiger partial charge >= 0.3 is 5.97 Å². The molecule has 1 fully saturated rings. The molecular weight excluding hydrogens is 510 g/mol. The Hall–Kier alpha value is -3.22. The van der Waals surface area contributed by atoms with E-state index in [-0.39, 0.29) is 28.9 Å². The summed E-state index contributed by atoms with van der Waals surface area (Å²) in [6, 6.07) is 4.67. The average Bonchev–Trinajstić information content (AvgIpc) is 3.20. The predicted molar refractivity (Wildman–Crippen MR) is 144 cm³/mol. The highest BCUT2D eigenvalue weighted by atomic mass is 32.2. The Morgan fingerprint density at radius 1 is 1.16 bits per heavy atom. The van der Waals surface area contributed by atoms with Crippen LogP contribution in [0.5, 0.6) is 5.75 Å². The van der Waals surface area contributed by atoms with Gasteiger partial charge in [-0.1, -0.05) is 13.3 Å². The van der Waals surface area contributed by atoms with Crippen LogP contribution in [0.1, 0.15) is 32.8 Å². The second-order valence-corrected chi connectivity index (χ2v) is 11.2. The lowest BCUT2D eigenvalue weighted by atomic mass is 10.1. The number of esters is 1. The Labute approximate surface area is 222 Å². The molecule has 1 aromatic carbocycles. The maximum atomic E-state index is 13.6. The van der Waals surface area contributed by atoms with Gasteiger partial charge in [0.1, 0.15) is 23.7 Å². The van der Waals surface area contributed by atoms with E-state index in [0.29, 0.717) is 61.7 Å². The zero-order chi connectivity index (χ0) is 27.4. The minimum absolute atomic E-state index is 0.105. The Balaban J connectivity index is 1.66. The van der Waals surface area contributed by atoms with E-state index in [9.17, 15) is 18.0 Å². The average molecular weight is 546 g/mol. The van der Waals surface area contributed by atoms with Crippen molar-refractivity contribution in [2.75, 3.05) is 45.9 Å². The number of carbonyl (C=O) groups excluding carboxylic acids is 1. The summed E-state index contributed by atoms with van der Waals surface area (Å²) in [6.07, 6.45) is 3.58. The van der Waals surface area contributed by atoms with E-state index in [1.165, 1.54) is 23.4 Å². The van der Waals surface area contributed by atoms with E-state index in [1.807, 2.05) is 20.2 Å². The smallest absolute Gasteiger partial charge is 0.302 e. The van der Waals surface area contributed by atoms with Crippen LogP contribution in [0, 0.1) is 0 Å². The van der Waals surface area contributed by atoms with Crippen molar-refractivity contribution < 1.29 is 22.7 Å². The molecule has 0 radical (unpaired) electrons. The first kappa shape index (κ1) is 27.8. The van der Waals surface area contributed by atoms with Crippen molar-refractivity contribution >= 4 is 27.0 Å². The highest BCUT2D eigenvalue weighted by molar-refractivity contribution is 7.89. The molecule has 0 amide bonds. The summed E-state index contributed by atoms with van der Waals surface area (Å²) in [5.74, 6) is 0.375. The lowest BCUT2D eigenvalue weighted by Gasteiger charge is -2.33. The third-order valence-electron chi connectivity index (χ3n) is 6.61. The van der Waals surface area contributed by atoms with Crippen LogP contribution in [0.25, 0.3) is 22.4 Å². The highest BCUT2D eigenvalue weighted by Gasteiger charge is 2.29. The quantitative estimate of drug-likeness (QED) is 0.384. The van der Waals surface area contributed by atoms with Gasteiger partial charge in [-0.05, 0) is 37.1 Å². The number of aromatic amines is 1. The molecular formula is C26H35N5O6S. The van der Waals surface area contributed by atoms with Crippen molar-refractivity contribution in [3.8, 4) is 17.1 Å². The van der Waals surface area contributed by atoms with Gasteiger partial charge in [-0.25, -0.2) is 13.4 Å². The summed E-state index contributed by atoms with van der Waals surface area (Å²) in [6.45, 7) is 8.17. The number of ether oxygens (including phenoxy) is 2. The second-order valence-electron chi connectivity index (χ2n) is 9.30. The van der Waals surface area contributed by atoms with Crippen molar-refractivity contribution in [2.45, 2.75) is 38.5 Å². The van der Waals surface area contributed by atoms with Gasteiger partial charge in [0.05, 0.1) is 22.6 Å². The van der Waals surface area contributed by atoms with Gasteiger partial charge < -0.3 is 19.0 Å². The summed E-state index contributed by atoms with van der Waals surface area (Å²) >= 11 is 0. The molecule has 1 saturated heterocycles. The van der Waals surface area contributed by atoms with Crippen LogP contribution in [-0.4, -0.2) is 84.1 Å². The van der Waals surface area contributed by atoms with Gasteiger partial charge in [0.2, 0.25) is 10.0 Å². The normalized spacial score (nSPS) is 15.2. The molecule has 12 heteroatoms. The molecule has 1 N–H and O–H groups in total. The van der Waals surface area contributed by atoms with Crippen LogP contribution < -0.4 is 10.3 Å². The number of nitrogens with zero attached hydrogens (tertiary/aromatic N) is 4. The number of fused-ring (bicyclic) bond motifs is 1. The van der Waals surface area contributed by atoms with Crippen LogP contribution >= 0.6 is 0 Å². The Bertz CT molecular complexity index is 1470. The zero-order valence-corrected chi connectivity index (χ0v) is 23.1. The number of aromatic nitrogens is 3. The summed E-state index contributed by atoms with van der Waals surface area (Å²) < 4.78 is 41.2. The standard InChI is InChI=1S/C26H35N5O6S/c1-5-7-19-17-29(4)24-23(19)27-25(28-26(24)33)21-16-20(8-9-22(21)36-6-2)38(34,35)31-12-10-30(11-13-31)14-15-37-18(3)32/h8-9,16-17H,5-7,10-15H2,1-4H3,(H,27,28,33). The van der Waals surface area contributed by atoms with Crippen molar-refractivity contribution in [3.63, 3.8) is 0 Å². The third-order valence-corrected chi connectivity index (χ3v) is 8.50. The number of sulfonamides is 1. The van der Waals surface area contributed by atoms with Gasteiger partial charge in [-0.2, -0.15) is 4.31 Å². The molecule has 0 aliphatic carbocycles. The van der Waals surface area contributed by atoms with Crippen LogP contribution in [0.3, 0.4) is 0 Å². The number of hydrogen-bond donors (Lipinski definition) is 1. The van der Waals surface area contributed by atoms with E-state index >= 15 is 0 Å². The number of rotatable bonds is 10. The Morgan fingerprint density at radius 2 is 1.89 bits per heavy atom. The molecule has 1 aliphatic heterocycles. The largest absolute Gasteiger partial charge is 0.493 e. The second kappa shape index (κ2) is 11.7. The molecule has 206 valence electrons. The Morgan fingerprint density at radius 3 is 2.55 bits per heavy atom. The first-order chi connectivity index (χ1) is 18.1. The number of hydrogen-bond acceptors (Lipinski definition) is 8. The van der Waals surface area contributed by atoms with Crippen molar-refractivity contribution in [1.29, 1.82) is 0 Å². The first-order valence-electron chi connectivity index (χ1n) is 12.9. The van der Waals surface area contributed by atoms with Crippen LogP contribution in [-0.2, 0) is 33.0 Å². The van der Waals surface area contributed by atoms with Gasteiger partial charge in [0.15, 0.2) is 0 Å². The lowest BCUT2D eigenvalue weighted by molar-refractivity contribution is -0.141. The van der Waals surface area contributed by atoms with Gasteiger partial charge in [0.25, 0.3) is 5.56 Å². The highest BCUT2D eigenvalue weighted by Crippen LogP contribution is 2.32. The number of H-pyrrole nitrogens is 1. The summed E-state index contributed by atoms with van der Waals surface area (Å²) in [5, 5.41) is 0. The number of piperazine rings is 1. The molecule has 3 aromatic rings. The fourth-order valence-corrected chi connectivity index (χ4v) is 6.20. The van der Waals surface area contributed by atoms with Gasteiger partial charge in [-0.3, -0.25) is 14.5 Å². The van der Waals surface area contributed by atoms with E-state index in [0.717, 1.165) is 18.4 Å². The maximum Gasteiger partial charge on any atom is 0.302 e. The van der Waals surface area contributed by atoms with Crippen LogP contribution in [0.15, 0.2) is 34.1 Å². The molecule has 0 unspecified atom stereocenters. The molecule has 1 aliphatic rings. The lowest BCUT2D eigenvalue weighted by Crippen LogP contribution is -2.49. The third kappa shape index (κ3) is 5.77. The maximum absolute atomic E-state index is 13.6. The molecule has 2 aromatic heterocycles. The summed E-state index contributed by atoms with van der Waals surface area (Å²) in [5.41, 5.74) is 2.17. The predicted octanol–water partition coefficient (Wildman–Crippen LogP) is 2.15. The van der Waals surface area contributed by atoms with Crippen molar-refractivity contribution in [3.05, 3.63) is 40.3 Å². The Kier molecular flexibility index (Phi) is 8.54. The van der Waals surface area contributed by atoms with Crippen molar-refractivity contribution in [2.24, 2.45) is 7.05 Å². The zero-order valence-electron chi connectivity index (χ0n) is 22.3. The fourth-order valence-electron chi connectivity index (χ4n) is 4.75. The fraction of sp³-hybridized carbons (Fsp3) is 0.500. The number of nitrogens with one attached hydrogen (secondary N) is 1. The van der Waals surface area contributed by atoms with E-state index in [1.54, 1.807) is 10.6 Å². The summed E-state index contributed by atoms with van der Waals surface area (Å²) in [4.78, 5) is 33.8. The summed E-state index contributed by atoms with van der Waals surface area (Å²) in [7, 11) is -1.99. The molecule has 3 heterocycles. The molecule has 0 bridgehead atoms. The topological polar surface area (TPSA) is 127 Å². The molecule has 0 saturated carbocycles. The van der Waals surface area contributed by atoms with Crippen LogP contribution in [0.2, 0.25) is 0 Å². The van der Waals surface area contributed by atoms with Crippen LogP contribution in [0.4, 0.5) is 0 Å².